The molecule has 1 fully saturated rings. The lowest BCUT2D eigenvalue weighted by Gasteiger charge is -2.22. The summed E-state index contributed by atoms with van der Waals surface area (Å²) in [5, 5.41) is 3.28. The fourth-order valence-corrected chi connectivity index (χ4v) is 3.52. The monoisotopic (exact) mass is 373 g/mol. The number of carbonyl (C=O) groups excluding carboxylic acids is 1. The SMILES string of the molecule is CC(=O)c1ccc(C(=C2CCNCC2)c2cc(C)cc(C(F)(F)F)c2)cc1. The molecule has 2 aromatic rings. The number of Topliss-reactive ketones (excluding diaryl/α,β-unsaturated/α-hetero) is 1. The van der Waals surface area contributed by atoms with Gasteiger partial charge in [0.1, 0.15) is 0 Å². The topological polar surface area (TPSA) is 29.1 Å². The number of ketones is 1. The van der Waals surface area contributed by atoms with Crippen molar-refractivity contribution in [1.29, 1.82) is 0 Å². The molecule has 142 valence electrons. The van der Waals surface area contributed by atoms with Gasteiger partial charge < -0.3 is 5.32 Å². The van der Waals surface area contributed by atoms with E-state index >= 15 is 0 Å². The Hall–Kier alpha value is -2.40. The van der Waals surface area contributed by atoms with Gasteiger partial charge in [0.2, 0.25) is 0 Å². The third-order valence-electron chi connectivity index (χ3n) is 4.83. The van der Waals surface area contributed by atoms with Crippen molar-refractivity contribution >= 4 is 11.4 Å². The van der Waals surface area contributed by atoms with Gasteiger partial charge in [0.15, 0.2) is 5.78 Å². The third-order valence-corrected chi connectivity index (χ3v) is 4.83. The fraction of sp³-hybridized carbons (Fsp3) is 0.318. The molecule has 0 bridgehead atoms. The Morgan fingerprint density at radius 2 is 1.52 bits per heavy atom. The van der Waals surface area contributed by atoms with Gasteiger partial charge in [-0.15, -0.1) is 0 Å². The lowest BCUT2D eigenvalue weighted by atomic mass is 9.87. The maximum atomic E-state index is 13.3. The molecule has 1 saturated heterocycles. The molecule has 3 rings (SSSR count). The second-order valence-electron chi connectivity index (χ2n) is 6.95. The highest BCUT2D eigenvalue weighted by Gasteiger charge is 2.31. The summed E-state index contributed by atoms with van der Waals surface area (Å²) in [6, 6.07) is 11.3. The number of rotatable bonds is 3. The molecular formula is C22H22F3NO. The first-order valence-electron chi connectivity index (χ1n) is 8.99. The molecule has 27 heavy (non-hydrogen) atoms. The molecule has 0 amide bonds. The summed E-state index contributed by atoms with van der Waals surface area (Å²) in [6.45, 7) is 4.80. The lowest BCUT2D eigenvalue weighted by Crippen LogP contribution is -2.24. The van der Waals surface area contributed by atoms with Crippen LogP contribution in [0.5, 0.6) is 0 Å². The largest absolute Gasteiger partial charge is 0.416 e. The number of aryl methyl sites for hydroxylation is 1. The van der Waals surface area contributed by atoms with Crippen LogP contribution in [0, 0.1) is 6.92 Å². The Balaban J connectivity index is 2.17. The standard InChI is InChI=1S/C22H22F3NO/c1-14-11-19(13-20(12-14)22(23,24)25)21(18-7-9-26-10-8-18)17-5-3-16(4-6-17)15(2)27/h3-6,11-13,26H,7-10H2,1-2H3. The second-order valence-corrected chi connectivity index (χ2v) is 6.95. The summed E-state index contributed by atoms with van der Waals surface area (Å²) in [4.78, 5) is 11.6. The zero-order valence-electron chi connectivity index (χ0n) is 15.4. The van der Waals surface area contributed by atoms with Crippen LogP contribution in [0.3, 0.4) is 0 Å². The number of halogens is 3. The van der Waals surface area contributed by atoms with Crippen LogP contribution in [-0.4, -0.2) is 18.9 Å². The first-order chi connectivity index (χ1) is 12.8. The number of nitrogens with one attached hydrogen (secondary N) is 1. The Labute approximate surface area is 157 Å². The predicted octanol–water partition coefficient (Wildman–Crippen LogP) is 5.40. The van der Waals surface area contributed by atoms with Crippen molar-refractivity contribution in [2.24, 2.45) is 0 Å². The molecule has 0 atom stereocenters. The summed E-state index contributed by atoms with van der Waals surface area (Å²) in [5.74, 6) is -0.0347. The number of carbonyl (C=O) groups is 1. The van der Waals surface area contributed by atoms with Crippen LogP contribution in [0.15, 0.2) is 48.0 Å². The van der Waals surface area contributed by atoms with E-state index in [1.165, 1.54) is 19.1 Å². The minimum absolute atomic E-state index is 0.0347. The van der Waals surface area contributed by atoms with Gasteiger partial charge in [0, 0.05) is 5.56 Å². The van der Waals surface area contributed by atoms with Crippen LogP contribution >= 0.6 is 0 Å². The highest BCUT2D eigenvalue weighted by molar-refractivity contribution is 5.94. The summed E-state index contributed by atoms with van der Waals surface area (Å²) in [5.41, 5.74) is 3.94. The lowest BCUT2D eigenvalue weighted by molar-refractivity contribution is -0.137. The summed E-state index contributed by atoms with van der Waals surface area (Å²) >= 11 is 0. The van der Waals surface area contributed by atoms with Crippen LogP contribution in [-0.2, 0) is 6.18 Å². The molecule has 1 aliphatic heterocycles. The van der Waals surface area contributed by atoms with E-state index in [0.717, 1.165) is 42.6 Å². The zero-order chi connectivity index (χ0) is 19.6. The van der Waals surface area contributed by atoms with E-state index in [1.807, 2.05) is 12.1 Å². The van der Waals surface area contributed by atoms with Crippen molar-refractivity contribution < 1.29 is 18.0 Å². The van der Waals surface area contributed by atoms with E-state index in [-0.39, 0.29) is 5.78 Å². The molecule has 1 N–H and O–H groups in total. The molecule has 0 saturated carbocycles. The van der Waals surface area contributed by atoms with E-state index in [1.54, 1.807) is 25.1 Å². The third kappa shape index (κ3) is 4.48. The van der Waals surface area contributed by atoms with Gasteiger partial charge in [-0.25, -0.2) is 0 Å². The van der Waals surface area contributed by atoms with Crippen molar-refractivity contribution in [1.82, 2.24) is 5.32 Å². The molecule has 0 spiro atoms. The van der Waals surface area contributed by atoms with Gasteiger partial charge in [0.05, 0.1) is 5.56 Å². The summed E-state index contributed by atoms with van der Waals surface area (Å²) in [6.07, 6.45) is -2.80. The fourth-order valence-electron chi connectivity index (χ4n) is 3.52. The van der Waals surface area contributed by atoms with Crippen LogP contribution < -0.4 is 5.32 Å². The smallest absolute Gasteiger partial charge is 0.316 e. The molecule has 1 aliphatic rings. The van der Waals surface area contributed by atoms with Crippen molar-refractivity contribution in [2.75, 3.05) is 13.1 Å². The normalized spacial score (nSPS) is 14.9. The first kappa shape index (κ1) is 19.4. The van der Waals surface area contributed by atoms with E-state index in [2.05, 4.69) is 5.32 Å². The van der Waals surface area contributed by atoms with E-state index in [4.69, 9.17) is 0 Å². The van der Waals surface area contributed by atoms with Gasteiger partial charge in [-0.3, -0.25) is 4.79 Å². The minimum atomic E-state index is -4.39. The van der Waals surface area contributed by atoms with Gasteiger partial charge in [-0.05, 0) is 74.2 Å². The molecule has 5 heteroatoms. The molecule has 0 aromatic heterocycles. The molecule has 1 heterocycles. The predicted molar refractivity (Wildman–Crippen MR) is 101 cm³/mol. The van der Waals surface area contributed by atoms with Crippen LogP contribution in [0.25, 0.3) is 5.57 Å². The minimum Gasteiger partial charge on any atom is -0.316 e. The van der Waals surface area contributed by atoms with Crippen molar-refractivity contribution in [2.45, 2.75) is 32.9 Å². The van der Waals surface area contributed by atoms with Crippen LogP contribution in [0.2, 0.25) is 0 Å². The summed E-state index contributed by atoms with van der Waals surface area (Å²) < 4.78 is 40.0. The Bertz CT molecular complexity index is 871. The summed E-state index contributed by atoms with van der Waals surface area (Å²) in [7, 11) is 0. The molecular weight excluding hydrogens is 351 g/mol. The molecule has 2 nitrogen and oxygen atoms in total. The second kappa shape index (κ2) is 7.69. The maximum absolute atomic E-state index is 13.3. The molecule has 2 aromatic carbocycles. The number of hydrogen-bond acceptors (Lipinski definition) is 2. The van der Waals surface area contributed by atoms with Crippen LogP contribution in [0.1, 0.15) is 52.4 Å². The quantitative estimate of drug-likeness (QED) is 0.730. The van der Waals surface area contributed by atoms with E-state index < -0.39 is 11.7 Å². The molecule has 0 radical (unpaired) electrons. The average Bonchev–Trinajstić information content (AvgIpc) is 2.62. The Morgan fingerprint density at radius 1 is 0.926 bits per heavy atom. The van der Waals surface area contributed by atoms with E-state index in [9.17, 15) is 18.0 Å². The molecule has 0 unspecified atom stereocenters. The number of piperidine rings is 1. The first-order valence-corrected chi connectivity index (χ1v) is 8.99. The average molecular weight is 373 g/mol. The van der Waals surface area contributed by atoms with Crippen LogP contribution in [0.4, 0.5) is 13.2 Å². The van der Waals surface area contributed by atoms with Gasteiger partial charge in [-0.1, -0.05) is 35.9 Å². The van der Waals surface area contributed by atoms with Crippen molar-refractivity contribution in [3.63, 3.8) is 0 Å². The highest BCUT2D eigenvalue weighted by Crippen LogP contribution is 2.36. The number of alkyl halides is 3. The highest BCUT2D eigenvalue weighted by atomic mass is 19.4. The van der Waals surface area contributed by atoms with E-state index in [0.29, 0.717) is 16.7 Å². The Kier molecular flexibility index (Phi) is 5.51. The number of hydrogen-bond donors (Lipinski definition) is 1. The van der Waals surface area contributed by atoms with Crippen molar-refractivity contribution in [3.8, 4) is 0 Å². The van der Waals surface area contributed by atoms with Gasteiger partial charge in [0.25, 0.3) is 0 Å². The zero-order valence-corrected chi connectivity index (χ0v) is 15.4. The van der Waals surface area contributed by atoms with Crippen molar-refractivity contribution in [3.05, 3.63) is 75.9 Å². The molecule has 0 aliphatic carbocycles. The number of benzene rings is 2. The maximum Gasteiger partial charge on any atom is 0.416 e. The van der Waals surface area contributed by atoms with Gasteiger partial charge in [-0.2, -0.15) is 13.2 Å². The Morgan fingerprint density at radius 3 is 2.07 bits per heavy atom. The van der Waals surface area contributed by atoms with Gasteiger partial charge >= 0.3 is 6.18 Å².